The minimum absolute atomic E-state index is 0.0000798. The predicted octanol–water partition coefficient (Wildman–Crippen LogP) is 4.75. The van der Waals surface area contributed by atoms with E-state index in [2.05, 4.69) is 34.6 Å². The number of rotatable bonds is 3. The van der Waals surface area contributed by atoms with E-state index in [9.17, 15) is 15.0 Å². The van der Waals surface area contributed by atoms with E-state index in [-0.39, 0.29) is 17.6 Å². The number of carbonyl (C=O) groups is 1. The van der Waals surface area contributed by atoms with Crippen LogP contribution in [0.2, 0.25) is 0 Å². The molecule has 0 aromatic carbocycles. The molecule has 5 aliphatic rings. The molecule has 0 unspecified atom stereocenters. The Hall–Kier alpha value is -0.450. The smallest absolute Gasteiger partial charge is 0.165 e. The molecule has 4 aliphatic carbocycles. The van der Waals surface area contributed by atoms with Crippen molar-refractivity contribution in [1.29, 1.82) is 0 Å². The van der Waals surface area contributed by atoms with Gasteiger partial charge in [-0.15, -0.1) is 0 Å². The van der Waals surface area contributed by atoms with Crippen LogP contribution in [-0.2, 0) is 9.53 Å². The Morgan fingerprint density at radius 3 is 2.61 bits per heavy atom. The normalized spacial score (nSPS) is 56.2. The van der Waals surface area contributed by atoms with Gasteiger partial charge in [0.25, 0.3) is 0 Å². The second kappa shape index (κ2) is 7.27. The van der Waals surface area contributed by atoms with Crippen LogP contribution in [-0.4, -0.2) is 39.9 Å². The summed E-state index contributed by atoms with van der Waals surface area (Å²) in [5.41, 5.74) is -1.48. The first-order chi connectivity index (χ1) is 14.5. The number of carbonyl (C=O) groups excluding carboxylic acids is 1. The third-order valence-electron chi connectivity index (χ3n) is 11.2. The van der Waals surface area contributed by atoms with Gasteiger partial charge in [-0.2, -0.15) is 0 Å². The third kappa shape index (κ3) is 2.99. The molecule has 5 rings (SSSR count). The molecule has 2 N–H and O–H groups in total. The average molecular weight is 433 g/mol. The zero-order valence-corrected chi connectivity index (χ0v) is 20.3. The maximum Gasteiger partial charge on any atom is 0.165 e. The van der Waals surface area contributed by atoms with Crippen LogP contribution in [0.1, 0.15) is 92.4 Å². The molecule has 0 bridgehead atoms. The summed E-state index contributed by atoms with van der Waals surface area (Å²) in [6.45, 7) is 11.7. The van der Waals surface area contributed by atoms with Crippen molar-refractivity contribution in [3.8, 4) is 0 Å². The molecule has 176 valence electrons. The standard InChI is InChI=1S/C27H44O4/c1-15(2)6-7-21-16(3)24-22(31-21)13-20-18-12-23(29)27(30)14-17(28)8-11-26(27,5)19(18)9-10-25(20,24)4/h15-22,24,28,30H,6-14H2,1-5H3/t16-,17+,18-,19+,20+,21-,22+,24+,25+,26-,27+/m1/s1. The van der Waals surface area contributed by atoms with Gasteiger partial charge in [-0.05, 0) is 85.9 Å². The summed E-state index contributed by atoms with van der Waals surface area (Å²) >= 11 is 0. The Morgan fingerprint density at radius 2 is 1.90 bits per heavy atom. The van der Waals surface area contributed by atoms with Gasteiger partial charge in [0, 0.05) is 18.3 Å². The third-order valence-corrected chi connectivity index (χ3v) is 11.2. The summed E-state index contributed by atoms with van der Waals surface area (Å²) in [5, 5.41) is 21.8. The molecule has 0 radical (unpaired) electrons. The molecule has 0 amide bonds. The quantitative estimate of drug-likeness (QED) is 0.675. The molecular formula is C27H44O4. The second-order valence-corrected chi connectivity index (χ2v) is 13.0. The highest BCUT2D eigenvalue weighted by molar-refractivity contribution is 5.89. The molecule has 0 aromatic rings. The van der Waals surface area contributed by atoms with Gasteiger partial charge in [0.1, 0.15) is 5.60 Å². The van der Waals surface area contributed by atoms with Gasteiger partial charge in [0.15, 0.2) is 5.78 Å². The van der Waals surface area contributed by atoms with Crippen LogP contribution in [0.15, 0.2) is 0 Å². The molecule has 1 aliphatic heterocycles. The van der Waals surface area contributed by atoms with E-state index in [1.54, 1.807) is 0 Å². The molecule has 4 nitrogen and oxygen atoms in total. The topological polar surface area (TPSA) is 66.8 Å². The lowest BCUT2D eigenvalue weighted by atomic mass is 9.42. The number of fused-ring (bicyclic) bond motifs is 7. The SMILES string of the molecule is CC(C)CC[C@H]1O[C@H]2C[C@H]3[C@@H]4CC(=O)[C@@]5(O)C[C@@H](O)CC[C@]5(C)[C@H]4CC[C@]3(C)[C@H]2[C@@H]1C. The van der Waals surface area contributed by atoms with Gasteiger partial charge < -0.3 is 14.9 Å². The summed E-state index contributed by atoms with van der Waals surface area (Å²) in [6.07, 6.45) is 8.18. The van der Waals surface area contributed by atoms with Gasteiger partial charge in [-0.25, -0.2) is 0 Å². The van der Waals surface area contributed by atoms with Crippen LogP contribution in [0.3, 0.4) is 0 Å². The monoisotopic (exact) mass is 432 g/mol. The van der Waals surface area contributed by atoms with Gasteiger partial charge >= 0.3 is 0 Å². The zero-order valence-electron chi connectivity index (χ0n) is 20.3. The van der Waals surface area contributed by atoms with Crippen LogP contribution in [0, 0.1) is 46.3 Å². The van der Waals surface area contributed by atoms with E-state index >= 15 is 0 Å². The molecule has 4 saturated carbocycles. The first-order valence-corrected chi connectivity index (χ1v) is 13.1. The van der Waals surface area contributed by atoms with Crippen molar-refractivity contribution in [3.05, 3.63) is 0 Å². The lowest BCUT2D eigenvalue weighted by Gasteiger charge is -2.63. The van der Waals surface area contributed by atoms with Crippen molar-refractivity contribution >= 4 is 5.78 Å². The van der Waals surface area contributed by atoms with E-state index in [0.29, 0.717) is 54.6 Å². The van der Waals surface area contributed by atoms with E-state index in [1.165, 1.54) is 19.3 Å². The maximum absolute atomic E-state index is 13.4. The molecular weight excluding hydrogens is 388 g/mol. The fourth-order valence-corrected chi connectivity index (χ4v) is 9.53. The minimum Gasteiger partial charge on any atom is -0.393 e. The summed E-state index contributed by atoms with van der Waals surface area (Å²) in [6, 6.07) is 0. The van der Waals surface area contributed by atoms with Gasteiger partial charge in [0.2, 0.25) is 0 Å². The zero-order chi connectivity index (χ0) is 22.3. The Labute approximate surface area is 188 Å². The van der Waals surface area contributed by atoms with E-state index in [4.69, 9.17) is 4.74 Å². The number of aliphatic hydroxyl groups excluding tert-OH is 1. The number of aliphatic hydroxyl groups is 2. The molecule has 1 saturated heterocycles. The predicted molar refractivity (Wildman–Crippen MR) is 120 cm³/mol. The highest BCUT2D eigenvalue weighted by Crippen LogP contribution is 2.70. The van der Waals surface area contributed by atoms with Crippen molar-refractivity contribution < 1.29 is 19.7 Å². The van der Waals surface area contributed by atoms with Crippen LogP contribution in [0.25, 0.3) is 0 Å². The number of hydrogen-bond acceptors (Lipinski definition) is 4. The number of Topliss-reactive ketones (excluding diaryl/α,β-unsaturated/α-hetero) is 1. The first-order valence-electron chi connectivity index (χ1n) is 13.1. The fraction of sp³-hybridized carbons (Fsp3) is 0.963. The average Bonchev–Trinajstić information content (AvgIpc) is 3.17. The van der Waals surface area contributed by atoms with Crippen molar-refractivity contribution in [3.63, 3.8) is 0 Å². The first kappa shape index (κ1) is 22.3. The Balaban J connectivity index is 1.40. The Morgan fingerprint density at radius 1 is 1.16 bits per heavy atom. The minimum atomic E-state index is -1.33. The summed E-state index contributed by atoms with van der Waals surface area (Å²) in [5.74, 6) is 3.18. The van der Waals surface area contributed by atoms with Crippen LogP contribution in [0.5, 0.6) is 0 Å². The van der Waals surface area contributed by atoms with Crippen LogP contribution < -0.4 is 0 Å². The van der Waals surface area contributed by atoms with Crippen molar-refractivity contribution in [2.24, 2.45) is 46.3 Å². The van der Waals surface area contributed by atoms with Crippen molar-refractivity contribution in [1.82, 2.24) is 0 Å². The molecule has 31 heavy (non-hydrogen) atoms. The molecule has 0 spiro atoms. The maximum atomic E-state index is 13.4. The summed E-state index contributed by atoms with van der Waals surface area (Å²) in [4.78, 5) is 13.4. The van der Waals surface area contributed by atoms with E-state index in [0.717, 1.165) is 25.2 Å². The summed E-state index contributed by atoms with van der Waals surface area (Å²) < 4.78 is 6.71. The van der Waals surface area contributed by atoms with Gasteiger partial charge in [-0.3, -0.25) is 4.79 Å². The van der Waals surface area contributed by atoms with Gasteiger partial charge in [0.05, 0.1) is 18.3 Å². The number of ether oxygens (including phenoxy) is 1. The van der Waals surface area contributed by atoms with Crippen LogP contribution in [0.4, 0.5) is 0 Å². The van der Waals surface area contributed by atoms with E-state index < -0.39 is 17.1 Å². The molecule has 4 heteroatoms. The lowest BCUT2D eigenvalue weighted by molar-refractivity contribution is -0.213. The Bertz CT molecular complexity index is 735. The molecule has 5 fully saturated rings. The number of hydrogen-bond donors (Lipinski definition) is 2. The molecule has 0 aromatic heterocycles. The lowest BCUT2D eigenvalue weighted by Crippen LogP contribution is -2.67. The van der Waals surface area contributed by atoms with Gasteiger partial charge in [-0.1, -0.05) is 34.6 Å². The van der Waals surface area contributed by atoms with Crippen molar-refractivity contribution in [2.45, 2.75) is 116 Å². The Kier molecular flexibility index (Phi) is 5.24. The number of ketones is 1. The van der Waals surface area contributed by atoms with Crippen LogP contribution >= 0.6 is 0 Å². The molecule has 11 atom stereocenters. The fourth-order valence-electron chi connectivity index (χ4n) is 9.53. The van der Waals surface area contributed by atoms with Crippen molar-refractivity contribution in [2.75, 3.05) is 0 Å². The molecule has 1 heterocycles. The summed E-state index contributed by atoms with van der Waals surface area (Å²) in [7, 11) is 0. The second-order valence-electron chi connectivity index (χ2n) is 13.0. The van der Waals surface area contributed by atoms with E-state index in [1.807, 2.05) is 0 Å². The highest BCUT2D eigenvalue weighted by Gasteiger charge is 2.70. The largest absolute Gasteiger partial charge is 0.393 e. The highest BCUT2D eigenvalue weighted by atomic mass is 16.5.